The van der Waals surface area contributed by atoms with Gasteiger partial charge in [-0.15, -0.1) is 11.3 Å². The van der Waals surface area contributed by atoms with Crippen molar-refractivity contribution in [2.75, 3.05) is 10.8 Å². The van der Waals surface area contributed by atoms with Gasteiger partial charge >= 0.3 is 0 Å². The third-order valence-electron chi connectivity index (χ3n) is 2.33. The van der Waals surface area contributed by atoms with Gasteiger partial charge in [0, 0.05) is 5.38 Å². The van der Waals surface area contributed by atoms with Gasteiger partial charge in [-0.05, 0) is 17.6 Å². The minimum absolute atomic E-state index is 0.571. The van der Waals surface area contributed by atoms with Gasteiger partial charge in [-0.1, -0.05) is 25.1 Å². The highest BCUT2D eigenvalue weighted by Gasteiger charge is 2.09. The van der Waals surface area contributed by atoms with E-state index in [1.807, 2.05) is 5.38 Å². The lowest BCUT2D eigenvalue weighted by molar-refractivity contribution is 0.596. The van der Waals surface area contributed by atoms with Crippen molar-refractivity contribution in [3.63, 3.8) is 0 Å². The third-order valence-corrected chi connectivity index (χ3v) is 5.63. The van der Waals surface area contributed by atoms with Gasteiger partial charge in [-0.3, -0.25) is 4.98 Å². The molecule has 2 heterocycles. The summed E-state index contributed by atoms with van der Waals surface area (Å²) in [6.07, 6.45) is 5.46. The van der Waals surface area contributed by atoms with Crippen LogP contribution in [-0.4, -0.2) is 30.3 Å². The molecule has 19 heavy (non-hydrogen) atoms. The van der Waals surface area contributed by atoms with Crippen molar-refractivity contribution in [3.05, 3.63) is 23.3 Å². The molecule has 0 amide bonds. The normalized spacial score (nSPS) is 12.5. The SMILES string of the molecule is CCCC[S+]([O-])CSc1cncc(-c2cs[c]n2)n1. The first-order valence-electron chi connectivity index (χ1n) is 5.91. The van der Waals surface area contributed by atoms with Crippen LogP contribution in [0.4, 0.5) is 0 Å². The molecular formula is C12H14N3OS3. The molecule has 0 aliphatic rings. The van der Waals surface area contributed by atoms with E-state index < -0.39 is 11.2 Å². The second-order valence-corrected chi connectivity index (χ2v) is 7.42. The first-order chi connectivity index (χ1) is 9.29. The molecule has 7 heteroatoms. The Morgan fingerprint density at radius 1 is 1.42 bits per heavy atom. The molecule has 2 aromatic rings. The van der Waals surface area contributed by atoms with Gasteiger partial charge in [-0.2, -0.15) is 0 Å². The molecule has 2 rings (SSSR count). The lowest BCUT2D eigenvalue weighted by Crippen LogP contribution is -2.08. The molecule has 0 aliphatic carbocycles. The monoisotopic (exact) mass is 312 g/mol. The predicted octanol–water partition coefficient (Wildman–Crippen LogP) is 3.00. The topological polar surface area (TPSA) is 61.7 Å². The Morgan fingerprint density at radius 3 is 3.05 bits per heavy atom. The molecule has 0 saturated heterocycles. The van der Waals surface area contributed by atoms with Crippen molar-refractivity contribution in [1.82, 2.24) is 15.0 Å². The maximum Gasteiger partial charge on any atom is 0.156 e. The summed E-state index contributed by atoms with van der Waals surface area (Å²) >= 11 is 2.10. The first-order valence-corrected chi connectivity index (χ1v) is 9.26. The largest absolute Gasteiger partial charge is 0.616 e. The van der Waals surface area contributed by atoms with Crippen LogP contribution in [0.15, 0.2) is 22.8 Å². The molecule has 101 valence electrons. The molecule has 0 aromatic carbocycles. The molecule has 1 radical (unpaired) electrons. The fourth-order valence-electron chi connectivity index (χ4n) is 1.33. The van der Waals surface area contributed by atoms with Crippen molar-refractivity contribution in [3.8, 4) is 11.4 Å². The summed E-state index contributed by atoms with van der Waals surface area (Å²) in [5, 5.41) is 3.24. The second-order valence-electron chi connectivity index (χ2n) is 3.83. The molecule has 0 fully saturated rings. The Balaban J connectivity index is 1.92. The molecular weight excluding hydrogens is 298 g/mol. The zero-order chi connectivity index (χ0) is 13.5. The van der Waals surface area contributed by atoms with Gasteiger partial charge in [0.05, 0.1) is 12.4 Å². The van der Waals surface area contributed by atoms with Crippen molar-refractivity contribution in [2.24, 2.45) is 0 Å². The van der Waals surface area contributed by atoms with Crippen LogP contribution in [0.25, 0.3) is 11.4 Å². The second kappa shape index (κ2) is 7.84. The van der Waals surface area contributed by atoms with Crippen LogP contribution in [0.2, 0.25) is 0 Å². The Morgan fingerprint density at radius 2 is 2.32 bits per heavy atom. The first kappa shape index (κ1) is 14.8. The number of hydrogen-bond donors (Lipinski definition) is 0. The zero-order valence-corrected chi connectivity index (χ0v) is 13.0. The van der Waals surface area contributed by atoms with E-state index in [4.69, 9.17) is 0 Å². The summed E-state index contributed by atoms with van der Waals surface area (Å²) in [5.41, 5.74) is 4.31. The van der Waals surface area contributed by atoms with Crippen LogP contribution in [0, 0.1) is 5.51 Å². The maximum absolute atomic E-state index is 11.7. The fraction of sp³-hybridized carbons (Fsp3) is 0.417. The van der Waals surface area contributed by atoms with E-state index >= 15 is 0 Å². The molecule has 0 bridgehead atoms. The average Bonchev–Trinajstić information content (AvgIpc) is 2.97. The van der Waals surface area contributed by atoms with E-state index in [2.05, 4.69) is 27.4 Å². The smallest absolute Gasteiger partial charge is 0.156 e. The van der Waals surface area contributed by atoms with Crippen LogP contribution >= 0.6 is 23.1 Å². The summed E-state index contributed by atoms with van der Waals surface area (Å²) in [7, 11) is 0. The van der Waals surface area contributed by atoms with Gasteiger partial charge in [0.25, 0.3) is 0 Å². The number of hydrogen-bond acceptors (Lipinski definition) is 6. The van der Waals surface area contributed by atoms with Crippen LogP contribution in [0.3, 0.4) is 0 Å². The Bertz CT molecular complexity index is 493. The summed E-state index contributed by atoms with van der Waals surface area (Å²) < 4.78 is 11.7. The predicted molar refractivity (Wildman–Crippen MR) is 80.6 cm³/mol. The Labute approximate surface area is 124 Å². The molecule has 0 aliphatic heterocycles. The van der Waals surface area contributed by atoms with Gasteiger partial charge in [-0.25, -0.2) is 9.97 Å². The lowest BCUT2D eigenvalue weighted by Gasteiger charge is -2.09. The van der Waals surface area contributed by atoms with Crippen LogP contribution in [0.1, 0.15) is 19.8 Å². The number of aromatic nitrogens is 3. The summed E-state index contributed by atoms with van der Waals surface area (Å²) in [6.45, 7) is 2.10. The van der Waals surface area contributed by atoms with Gasteiger partial charge in [0.1, 0.15) is 22.2 Å². The molecule has 4 nitrogen and oxygen atoms in total. The van der Waals surface area contributed by atoms with Crippen LogP contribution in [0.5, 0.6) is 0 Å². The zero-order valence-electron chi connectivity index (χ0n) is 10.5. The number of rotatable bonds is 7. The van der Waals surface area contributed by atoms with E-state index in [0.29, 0.717) is 5.08 Å². The van der Waals surface area contributed by atoms with Gasteiger partial charge in [0.2, 0.25) is 0 Å². The highest BCUT2D eigenvalue weighted by molar-refractivity contribution is 8.12. The van der Waals surface area contributed by atoms with Crippen molar-refractivity contribution in [1.29, 1.82) is 0 Å². The third kappa shape index (κ3) is 4.76. The maximum atomic E-state index is 11.7. The van der Waals surface area contributed by atoms with Gasteiger partial charge in [0.15, 0.2) is 10.6 Å². The standard InChI is InChI=1S/C12H14N3OS3/c1-2-3-4-19(16)9-18-12-6-13-5-10(15-12)11-7-17-8-14-11/h5-7H,2-4,9H2,1H3. The summed E-state index contributed by atoms with van der Waals surface area (Å²) in [5.74, 6) is 0.762. The van der Waals surface area contributed by atoms with Gasteiger partial charge < -0.3 is 4.55 Å². The number of unbranched alkanes of at least 4 members (excludes halogenated alkanes) is 1. The highest BCUT2D eigenvalue weighted by Crippen LogP contribution is 2.21. The van der Waals surface area contributed by atoms with Crippen molar-refractivity contribution < 1.29 is 4.55 Å². The number of nitrogens with zero attached hydrogens (tertiary/aromatic N) is 3. The Hall–Kier alpha value is -0.630. The molecule has 1 atom stereocenters. The quantitative estimate of drug-likeness (QED) is 0.581. The molecule has 0 N–H and O–H groups in total. The summed E-state index contributed by atoms with van der Waals surface area (Å²) in [4.78, 5) is 12.7. The minimum Gasteiger partial charge on any atom is -0.616 e. The average molecular weight is 312 g/mol. The molecule has 2 aromatic heterocycles. The molecule has 1 unspecified atom stereocenters. The number of thioether (sulfide) groups is 1. The summed E-state index contributed by atoms with van der Waals surface area (Å²) in [6, 6.07) is 0. The van der Waals surface area contributed by atoms with E-state index in [1.54, 1.807) is 12.4 Å². The van der Waals surface area contributed by atoms with Crippen molar-refractivity contribution in [2.45, 2.75) is 24.8 Å². The molecule has 0 saturated carbocycles. The van der Waals surface area contributed by atoms with Crippen molar-refractivity contribution >= 4 is 34.3 Å². The lowest BCUT2D eigenvalue weighted by atomic mass is 10.4. The van der Waals surface area contributed by atoms with E-state index in [-0.39, 0.29) is 0 Å². The van der Waals surface area contributed by atoms with E-state index in [0.717, 1.165) is 35.0 Å². The van der Waals surface area contributed by atoms with Crippen LogP contribution in [-0.2, 0) is 11.2 Å². The van der Waals surface area contributed by atoms with E-state index in [9.17, 15) is 4.55 Å². The van der Waals surface area contributed by atoms with Crippen LogP contribution < -0.4 is 0 Å². The minimum atomic E-state index is -0.788. The fourth-order valence-corrected chi connectivity index (χ4v) is 4.21. The number of thiazole rings is 1. The Kier molecular flexibility index (Phi) is 6.09. The van der Waals surface area contributed by atoms with E-state index in [1.165, 1.54) is 23.1 Å². The molecule has 0 spiro atoms. The highest BCUT2D eigenvalue weighted by atomic mass is 32.3.